The quantitative estimate of drug-likeness (QED) is 0.354. The molecule has 0 unspecified atom stereocenters. The van der Waals surface area contributed by atoms with Crippen LogP contribution in [0.3, 0.4) is 0 Å². The number of hydrogen-bond acceptors (Lipinski definition) is 3. The van der Waals surface area contributed by atoms with Gasteiger partial charge in [-0.25, -0.2) is 14.0 Å². The maximum atomic E-state index is 13.7. The van der Waals surface area contributed by atoms with Gasteiger partial charge in [-0.15, -0.1) is 0 Å². The molecule has 4 amide bonds. The molecule has 1 saturated heterocycles. The van der Waals surface area contributed by atoms with Crippen molar-refractivity contribution in [1.82, 2.24) is 14.7 Å². The van der Waals surface area contributed by atoms with E-state index >= 15 is 0 Å². The van der Waals surface area contributed by atoms with Gasteiger partial charge in [-0.1, -0.05) is 12.1 Å². The molecule has 1 N–H and O–H groups in total. The molecule has 2 aliphatic rings. The fraction of sp³-hybridized carbons (Fsp3) is 0.516. The lowest BCUT2D eigenvalue weighted by molar-refractivity contribution is -0.143. The van der Waals surface area contributed by atoms with Crippen LogP contribution in [0.4, 0.5) is 46.0 Å². The monoisotopic (exact) mass is 660 g/mol. The average Bonchev–Trinajstić information content (AvgIpc) is 3.37. The van der Waals surface area contributed by atoms with Gasteiger partial charge in [0.25, 0.3) is 0 Å². The van der Waals surface area contributed by atoms with Crippen molar-refractivity contribution in [3.8, 4) is 0 Å². The maximum absolute atomic E-state index is 13.7. The van der Waals surface area contributed by atoms with Gasteiger partial charge >= 0.3 is 24.5 Å². The zero-order valence-electron chi connectivity index (χ0n) is 25.8. The number of benzene rings is 2. The highest BCUT2D eigenvalue weighted by Crippen LogP contribution is 2.41. The van der Waals surface area contributed by atoms with Gasteiger partial charge in [0.2, 0.25) is 5.91 Å². The zero-order chi connectivity index (χ0) is 34.5. The summed E-state index contributed by atoms with van der Waals surface area (Å²) in [5.41, 5.74) is -3.90. The summed E-state index contributed by atoms with van der Waals surface area (Å²) in [4.78, 5) is 43.7. The van der Waals surface area contributed by atoms with Crippen LogP contribution in [-0.2, 0) is 17.1 Å². The number of likely N-dealkylation sites (tertiary alicyclic amines) is 1. The number of urea groups is 1. The predicted octanol–water partition coefficient (Wildman–Crippen LogP) is 6.90. The summed E-state index contributed by atoms with van der Waals surface area (Å²) in [7, 11) is 2.39. The molecule has 2 aromatic rings. The largest absolute Gasteiger partial charge is 0.465 e. The van der Waals surface area contributed by atoms with Crippen LogP contribution >= 0.6 is 0 Å². The zero-order valence-corrected chi connectivity index (χ0v) is 25.8. The van der Waals surface area contributed by atoms with Crippen LogP contribution in [0.1, 0.15) is 56.2 Å². The Morgan fingerprint density at radius 3 is 1.83 bits per heavy atom. The summed E-state index contributed by atoms with van der Waals surface area (Å²) in [5, 5.41) is 9.70. The van der Waals surface area contributed by atoms with E-state index < -0.39 is 70.5 Å². The van der Waals surface area contributed by atoms with Gasteiger partial charge < -0.3 is 19.8 Å². The molecule has 1 saturated carbocycles. The third-order valence-electron chi connectivity index (χ3n) is 8.70. The molecule has 1 aliphatic heterocycles. The van der Waals surface area contributed by atoms with Crippen LogP contribution in [-0.4, -0.2) is 82.6 Å². The number of rotatable bonds is 5. The summed E-state index contributed by atoms with van der Waals surface area (Å²) in [5.74, 6) is -1.86. The lowest BCUT2D eigenvalue weighted by Crippen LogP contribution is -2.58. The Hall–Kier alpha value is -4.04. The van der Waals surface area contributed by atoms with E-state index in [1.807, 2.05) is 0 Å². The number of amides is 4. The van der Waals surface area contributed by atoms with Crippen molar-refractivity contribution >= 4 is 23.7 Å². The minimum atomic E-state index is -5.11. The molecule has 4 rings (SSSR count). The smallest absolute Gasteiger partial charge is 0.416 e. The Balaban J connectivity index is 1.59. The topological polar surface area (TPSA) is 84.4 Å². The van der Waals surface area contributed by atoms with E-state index in [1.165, 1.54) is 41.1 Å². The van der Waals surface area contributed by atoms with Crippen molar-refractivity contribution < 1.29 is 50.2 Å². The lowest BCUT2D eigenvalue weighted by atomic mass is 9.77. The standard InChI is InChI=1S/C31H35F7N4O4/c1-29(2,3)42(28(45)46)23-10-18(11-23)26(43)41-15-24(17-6-8-21(32)9-7-17)25(16-41)40(5)27(44)39(4)22-13-19(30(33,34)35)12-20(14-22)31(36,37)38/h6-9,12-14,18,23-25H,10-11,15-16H2,1-5H3,(H,45,46)/t18?,23?,24-,25+/m0/s1. The first kappa shape index (κ1) is 34.8. The molecular formula is C31H35F7N4O4. The first-order chi connectivity index (χ1) is 21.1. The van der Waals surface area contributed by atoms with Crippen molar-refractivity contribution in [3.05, 3.63) is 65.0 Å². The minimum Gasteiger partial charge on any atom is -0.465 e. The molecule has 46 heavy (non-hydrogen) atoms. The van der Waals surface area contributed by atoms with Gasteiger partial charge in [-0.2, -0.15) is 26.3 Å². The molecule has 1 aliphatic carbocycles. The molecule has 2 fully saturated rings. The Morgan fingerprint density at radius 2 is 1.37 bits per heavy atom. The molecule has 15 heteroatoms. The van der Waals surface area contributed by atoms with Crippen molar-refractivity contribution in [1.29, 1.82) is 0 Å². The summed E-state index contributed by atoms with van der Waals surface area (Å²) in [6.07, 6.45) is -10.7. The Morgan fingerprint density at radius 1 is 0.848 bits per heavy atom. The van der Waals surface area contributed by atoms with Crippen LogP contribution in [0.5, 0.6) is 0 Å². The Bertz CT molecular complexity index is 1430. The number of carbonyl (C=O) groups excluding carboxylic acids is 2. The second kappa shape index (κ2) is 12.3. The van der Waals surface area contributed by atoms with E-state index in [-0.39, 0.29) is 31.1 Å². The normalized spacial score (nSPS) is 21.9. The number of halogens is 7. The van der Waals surface area contributed by atoms with Crippen molar-refractivity contribution in [3.63, 3.8) is 0 Å². The SMILES string of the molecule is CN(C(=O)N(C)[C@@H]1CN(C(=O)C2CC(N(C(=O)O)C(C)(C)C)C2)C[C@H]1c1ccc(F)cc1)c1cc(C(F)(F)F)cc(C(F)(F)F)c1. The molecule has 0 aromatic heterocycles. The van der Waals surface area contributed by atoms with E-state index in [2.05, 4.69) is 0 Å². The van der Waals surface area contributed by atoms with Crippen molar-refractivity contribution in [2.75, 3.05) is 32.1 Å². The molecule has 252 valence electrons. The van der Waals surface area contributed by atoms with Gasteiger partial charge in [0, 0.05) is 56.3 Å². The number of hydrogen-bond donors (Lipinski definition) is 1. The van der Waals surface area contributed by atoms with Crippen LogP contribution in [0.15, 0.2) is 42.5 Å². The number of anilines is 1. The van der Waals surface area contributed by atoms with Crippen molar-refractivity contribution in [2.24, 2.45) is 5.92 Å². The molecule has 2 aromatic carbocycles. The Kier molecular flexibility index (Phi) is 9.30. The van der Waals surface area contributed by atoms with E-state index in [9.17, 15) is 50.2 Å². The van der Waals surface area contributed by atoms with E-state index in [0.29, 0.717) is 35.4 Å². The third-order valence-corrected chi connectivity index (χ3v) is 8.70. The molecule has 0 spiro atoms. The molecule has 0 bridgehead atoms. The predicted molar refractivity (Wildman–Crippen MR) is 154 cm³/mol. The highest BCUT2D eigenvalue weighted by Gasteiger charge is 2.48. The van der Waals surface area contributed by atoms with Gasteiger partial charge in [0.15, 0.2) is 0 Å². The summed E-state index contributed by atoms with van der Waals surface area (Å²) in [6.45, 7) is 5.34. The highest BCUT2D eigenvalue weighted by atomic mass is 19.4. The molecule has 0 radical (unpaired) electrons. The first-order valence-electron chi connectivity index (χ1n) is 14.5. The number of carboxylic acid groups (broad SMARTS) is 1. The summed E-state index contributed by atoms with van der Waals surface area (Å²) < 4.78 is 94.6. The van der Waals surface area contributed by atoms with Crippen LogP contribution in [0, 0.1) is 11.7 Å². The van der Waals surface area contributed by atoms with Crippen LogP contribution in [0.2, 0.25) is 0 Å². The number of likely N-dealkylation sites (N-methyl/N-ethyl adjacent to an activating group) is 1. The number of nitrogens with zero attached hydrogens (tertiary/aromatic N) is 4. The second-order valence-corrected chi connectivity index (χ2v) is 12.8. The van der Waals surface area contributed by atoms with Gasteiger partial charge in [0.05, 0.1) is 17.2 Å². The fourth-order valence-electron chi connectivity index (χ4n) is 6.27. The minimum absolute atomic E-state index is 0.0174. The third kappa shape index (κ3) is 7.17. The highest BCUT2D eigenvalue weighted by molar-refractivity contribution is 5.92. The number of alkyl halides is 6. The fourth-order valence-corrected chi connectivity index (χ4v) is 6.27. The maximum Gasteiger partial charge on any atom is 0.416 e. The molecule has 8 nitrogen and oxygen atoms in total. The van der Waals surface area contributed by atoms with E-state index in [4.69, 9.17) is 0 Å². The average molecular weight is 661 g/mol. The Labute approximate surface area is 261 Å². The van der Waals surface area contributed by atoms with Gasteiger partial charge in [0.1, 0.15) is 5.82 Å². The molecular weight excluding hydrogens is 625 g/mol. The van der Waals surface area contributed by atoms with Crippen molar-refractivity contribution in [2.45, 2.75) is 69.5 Å². The van der Waals surface area contributed by atoms with Crippen LogP contribution < -0.4 is 4.90 Å². The first-order valence-corrected chi connectivity index (χ1v) is 14.5. The van der Waals surface area contributed by atoms with E-state index in [0.717, 1.165) is 11.9 Å². The van der Waals surface area contributed by atoms with Gasteiger partial charge in [-0.3, -0.25) is 9.69 Å². The van der Waals surface area contributed by atoms with E-state index in [1.54, 1.807) is 20.8 Å². The number of carbonyl (C=O) groups is 3. The molecule has 2 atom stereocenters. The van der Waals surface area contributed by atoms with Gasteiger partial charge in [-0.05, 0) is 69.5 Å². The summed E-state index contributed by atoms with van der Waals surface area (Å²) >= 11 is 0. The second-order valence-electron chi connectivity index (χ2n) is 12.8. The van der Waals surface area contributed by atoms with Crippen LogP contribution in [0.25, 0.3) is 0 Å². The molecule has 1 heterocycles. The lowest BCUT2D eigenvalue weighted by Gasteiger charge is -2.47. The summed E-state index contributed by atoms with van der Waals surface area (Å²) in [6, 6.07) is 4.18.